The molecule has 0 aromatic carbocycles. The first-order valence-electron chi connectivity index (χ1n) is 5.26. The number of carboxylic acid groups (broad SMARTS) is 1. The maximum atomic E-state index is 11.4. The van der Waals surface area contributed by atoms with Gasteiger partial charge in [-0.3, -0.25) is 9.69 Å². The second-order valence-electron chi connectivity index (χ2n) is 4.13. The molecule has 0 aromatic rings. The summed E-state index contributed by atoms with van der Waals surface area (Å²) >= 11 is 0. The summed E-state index contributed by atoms with van der Waals surface area (Å²) in [4.78, 5) is 12.8. The average Bonchev–Trinajstić information content (AvgIpc) is 2.13. The molecule has 0 amide bonds. The minimum atomic E-state index is -3.00. The van der Waals surface area contributed by atoms with Crippen molar-refractivity contribution in [3.05, 3.63) is 0 Å². The average molecular weight is 250 g/mol. The molecule has 1 fully saturated rings. The topological polar surface area (TPSA) is 101 Å². The molecule has 0 aliphatic carbocycles. The van der Waals surface area contributed by atoms with Gasteiger partial charge in [0.05, 0.1) is 11.5 Å². The second-order valence-corrected chi connectivity index (χ2v) is 6.36. The Morgan fingerprint density at radius 1 is 1.62 bits per heavy atom. The first-order valence-corrected chi connectivity index (χ1v) is 7.08. The highest BCUT2D eigenvalue weighted by atomic mass is 32.2. The molecule has 1 aliphatic rings. The van der Waals surface area contributed by atoms with Gasteiger partial charge in [0.25, 0.3) is 0 Å². The van der Waals surface area contributed by atoms with E-state index in [-0.39, 0.29) is 30.6 Å². The first-order chi connectivity index (χ1) is 7.37. The highest BCUT2D eigenvalue weighted by Crippen LogP contribution is 2.16. The first kappa shape index (κ1) is 13.4. The van der Waals surface area contributed by atoms with Crippen molar-refractivity contribution >= 4 is 15.8 Å². The van der Waals surface area contributed by atoms with Crippen LogP contribution in [0.5, 0.6) is 0 Å². The van der Waals surface area contributed by atoms with E-state index >= 15 is 0 Å². The molecular formula is C9H18N2O4S. The molecule has 0 saturated carbocycles. The van der Waals surface area contributed by atoms with Gasteiger partial charge in [0.1, 0.15) is 6.04 Å². The van der Waals surface area contributed by atoms with Gasteiger partial charge in [0.15, 0.2) is 9.84 Å². The van der Waals surface area contributed by atoms with Gasteiger partial charge in [-0.1, -0.05) is 0 Å². The highest BCUT2D eigenvalue weighted by Gasteiger charge is 2.35. The molecule has 0 spiro atoms. The minimum Gasteiger partial charge on any atom is -0.480 e. The summed E-state index contributed by atoms with van der Waals surface area (Å²) in [5.41, 5.74) is 5.36. The molecule has 1 saturated heterocycles. The van der Waals surface area contributed by atoms with Gasteiger partial charge in [-0.05, 0) is 19.9 Å². The Kier molecular flexibility index (Phi) is 4.28. The van der Waals surface area contributed by atoms with Crippen LogP contribution in [0.15, 0.2) is 0 Å². The maximum Gasteiger partial charge on any atom is 0.320 e. The van der Waals surface area contributed by atoms with Crippen LogP contribution in [0, 0.1) is 0 Å². The molecular weight excluding hydrogens is 232 g/mol. The third-order valence-corrected chi connectivity index (χ3v) is 4.64. The van der Waals surface area contributed by atoms with Crippen LogP contribution in [0.1, 0.15) is 13.3 Å². The van der Waals surface area contributed by atoms with Gasteiger partial charge < -0.3 is 10.8 Å². The molecule has 1 heterocycles. The standard InChI is InChI=1S/C9H18N2O4S/c1-7-6-16(14,15)5-4-11(7)8(2-3-10)9(12)13/h7-8H,2-6,10H2,1H3,(H,12,13). The van der Waals surface area contributed by atoms with Gasteiger partial charge in [-0.2, -0.15) is 0 Å². The van der Waals surface area contributed by atoms with E-state index in [1.54, 1.807) is 11.8 Å². The fraction of sp³-hybridized carbons (Fsp3) is 0.889. The monoisotopic (exact) mass is 250 g/mol. The second kappa shape index (κ2) is 5.11. The van der Waals surface area contributed by atoms with E-state index in [1.807, 2.05) is 0 Å². The van der Waals surface area contributed by atoms with E-state index in [0.717, 1.165) is 0 Å². The van der Waals surface area contributed by atoms with Crippen molar-refractivity contribution in [1.82, 2.24) is 4.90 Å². The Hall–Kier alpha value is -0.660. The predicted octanol–water partition coefficient (Wildman–Crippen LogP) is -1.09. The van der Waals surface area contributed by atoms with Gasteiger partial charge in [0.2, 0.25) is 0 Å². The number of nitrogens with two attached hydrogens (primary N) is 1. The predicted molar refractivity (Wildman–Crippen MR) is 59.9 cm³/mol. The zero-order valence-electron chi connectivity index (χ0n) is 9.30. The Balaban J connectivity index is 2.76. The molecule has 3 N–H and O–H groups in total. The van der Waals surface area contributed by atoms with Crippen molar-refractivity contribution < 1.29 is 18.3 Å². The molecule has 7 heteroatoms. The molecule has 2 unspecified atom stereocenters. The van der Waals surface area contributed by atoms with Crippen LogP contribution in [0.2, 0.25) is 0 Å². The van der Waals surface area contributed by atoms with Crippen molar-refractivity contribution in [2.75, 3.05) is 24.6 Å². The summed E-state index contributed by atoms with van der Waals surface area (Å²) in [6.45, 7) is 2.30. The van der Waals surface area contributed by atoms with Crippen LogP contribution < -0.4 is 5.73 Å². The van der Waals surface area contributed by atoms with E-state index in [0.29, 0.717) is 6.42 Å². The molecule has 2 atom stereocenters. The number of rotatable bonds is 4. The van der Waals surface area contributed by atoms with E-state index in [2.05, 4.69) is 0 Å². The molecule has 6 nitrogen and oxygen atoms in total. The molecule has 0 aromatic heterocycles. The van der Waals surface area contributed by atoms with Crippen LogP contribution in [0.4, 0.5) is 0 Å². The molecule has 1 aliphatic heterocycles. The smallest absolute Gasteiger partial charge is 0.320 e. The molecule has 1 rings (SSSR count). The van der Waals surface area contributed by atoms with Crippen molar-refractivity contribution in [2.24, 2.45) is 5.73 Å². The zero-order valence-corrected chi connectivity index (χ0v) is 10.1. The Labute approximate surface area is 95.3 Å². The van der Waals surface area contributed by atoms with Crippen molar-refractivity contribution in [1.29, 1.82) is 0 Å². The summed E-state index contributed by atoms with van der Waals surface area (Å²) in [5.74, 6) is -0.871. The van der Waals surface area contributed by atoms with E-state index in [4.69, 9.17) is 10.8 Å². The summed E-state index contributed by atoms with van der Waals surface area (Å²) in [5, 5.41) is 9.06. The molecule has 16 heavy (non-hydrogen) atoms. The summed E-state index contributed by atoms with van der Waals surface area (Å²) in [6.07, 6.45) is 0.347. The van der Waals surface area contributed by atoms with E-state index < -0.39 is 21.8 Å². The van der Waals surface area contributed by atoms with E-state index in [1.165, 1.54) is 0 Å². The largest absolute Gasteiger partial charge is 0.480 e. The lowest BCUT2D eigenvalue weighted by Crippen LogP contribution is -2.54. The Bertz CT molecular complexity index is 355. The van der Waals surface area contributed by atoms with Gasteiger partial charge in [-0.25, -0.2) is 8.42 Å². The van der Waals surface area contributed by atoms with E-state index in [9.17, 15) is 13.2 Å². The van der Waals surface area contributed by atoms with Gasteiger partial charge >= 0.3 is 5.97 Å². The van der Waals surface area contributed by atoms with Crippen molar-refractivity contribution in [2.45, 2.75) is 25.4 Å². The van der Waals surface area contributed by atoms with Crippen LogP contribution >= 0.6 is 0 Å². The number of hydrogen-bond donors (Lipinski definition) is 2. The van der Waals surface area contributed by atoms with Crippen molar-refractivity contribution in [3.63, 3.8) is 0 Å². The zero-order chi connectivity index (χ0) is 12.3. The lowest BCUT2D eigenvalue weighted by Gasteiger charge is -2.37. The molecule has 0 bridgehead atoms. The highest BCUT2D eigenvalue weighted by molar-refractivity contribution is 7.91. The summed E-state index contributed by atoms with van der Waals surface area (Å²) < 4.78 is 22.7. The fourth-order valence-electron chi connectivity index (χ4n) is 2.06. The molecule has 0 radical (unpaired) electrons. The maximum absolute atomic E-state index is 11.4. The number of hydrogen-bond acceptors (Lipinski definition) is 5. The number of sulfone groups is 1. The Morgan fingerprint density at radius 3 is 2.69 bits per heavy atom. The SMILES string of the molecule is CC1CS(=O)(=O)CCN1C(CCN)C(=O)O. The van der Waals surface area contributed by atoms with Crippen molar-refractivity contribution in [3.8, 4) is 0 Å². The Morgan fingerprint density at radius 2 is 2.25 bits per heavy atom. The van der Waals surface area contributed by atoms with Crippen LogP contribution in [0.25, 0.3) is 0 Å². The number of nitrogens with zero attached hydrogens (tertiary/aromatic N) is 1. The fourth-order valence-corrected chi connectivity index (χ4v) is 3.65. The van der Waals surface area contributed by atoms with Crippen LogP contribution in [0.3, 0.4) is 0 Å². The van der Waals surface area contributed by atoms with Crippen LogP contribution in [-0.4, -0.2) is 61.1 Å². The van der Waals surface area contributed by atoms with Gasteiger partial charge in [-0.15, -0.1) is 0 Å². The lowest BCUT2D eigenvalue weighted by atomic mass is 10.1. The molecule has 94 valence electrons. The third kappa shape index (κ3) is 3.16. The quantitative estimate of drug-likeness (QED) is 0.657. The number of aliphatic carboxylic acids is 1. The third-order valence-electron chi connectivity index (χ3n) is 2.85. The minimum absolute atomic E-state index is 0.0291. The summed E-state index contributed by atoms with van der Waals surface area (Å²) in [7, 11) is -3.00. The normalized spacial score (nSPS) is 27.5. The number of carbonyl (C=O) groups is 1. The lowest BCUT2D eigenvalue weighted by molar-refractivity contribution is -0.144. The number of carboxylic acids is 1. The van der Waals surface area contributed by atoms with Crippen LogP contribution in [-0.2, 0) is 14.6 Å². The van der Waals surface area contributed by atoms with Gasteiger partial charge in [0, 0.05) is 12.6 Å². The summed E-state index contributed by atoms with van der Waals surface area (Å²) in [6, 6.07) is -0.929.